The number of amides is 1. The SMILES string of the molecule is CCOC(=O)N[C@@H](OCC)c1ccccc1. The number of ether oxygens (including phenoxy) is 2. The lowest BCUT2D eigenvalue weighted by Crippen LogP contribution is -2.30. The van der Waals surface area contributed by atoms with Crippen molar-refractivity contribution in [3.8, 4) is 0 Å². The fraction of sp³-hybridized carbons (Fsp3) is 0.417. The van der Waals surface area contributed by atoms with Gasteiger partial charge in [-0.05, 0) is 13.8 Å². The van der Waals surface area contributed by atoms with Crippen LogP contribution in [-0.2, 0) is 9.47 Å². The average Bonchev–Trinajstić information content (AvgIpc) is 2.30. The van der Waals surface area contributed by atoms with Crippen LogP contribution < -0.4 is 5.32 Å². The molecular formula is C12H17NO3. The number of hydrogen-bond acceptors (Lipinski definition) is 3. The molecule has 0 aliphatic rings. The summed E-state index contributed by atoms with van der Waals surface area (Å²) >= 11 is 0. The molecule has 4 heteroatoms. The fourth-order valence-electron chi connectivity index (χ4n) is 1.30. The normalized spacial score (nSPS) is 11.9. The summed E-state index contributed by atoms with van der Waals surface area (Å²) in [6.45, 7) is 4.51. The Hall–Kier alpha value is -1.55. The van der Waals surface area contributed by atoms with Crippen LogP contribution in [0.2, 0.25) is 0 Å². The van der Waals surface area contributed by atoms with E-state index >= 15 is 0 Å². The largest absolute Gasteiger partial charge is 0.450 e. The third-order valence-corrected chi connectivity index (χ3v) is 1.96. The van der Waals surface area contributed by atoms with Crippen LogP contribution in [0.15, 0.2) is 30.3 Å². The summed E-state index contributed by atoms with van der Waals surface area (Å²) < 4.78 is 10.2. The van der Waals surface area contributed by atoms with Gasteiger partial charge in [0.25, 0.3) is 0 Å². The Bertz CT molecular complexity index is 313. The van der Waals surface area contributed by atoms with Gasteiger partial charge in [-0.15, -0.1) is 0 Å². The van der Waals surface area contributed by atoms with Crippen LogP contribution in [0.5, 0.6) is 0 Å². The van der Waals surface area contributed by atoms with Gasteiger partial charge in [-0.3, -0.25) is 5.32 Å². The molecule has 0 radical (unpaired) electrons. The molecule has 1 aromatic rings. The van der Waals surface area contributed by atoms with E-state index in [2.05, 4.69) is 5.32 Å². The summed E-state index contributed by atoms with van der Waals surface area (Å²) in [4.78, 5) is 11.3. The summed E-state index contributed by atoms with van der Waals surface area (Å²) in [5.41, 5.74) is 0.900. The number of carbonyl (C=O) groups excluding carboxylic acids is 1. The highest BCUT2D eigenvalue weighted by molar-refractivity contribution is 5.67. The molecule has 1 amide bonds. The van der Waals surface area contributed by atoms with Crippen molar-refractivity contribution in [2.24, 2.45) is 0 Å². The van der Waals surface area contributed by atoms with E-state index in [1.165, 1.54) is 0 Å². The van der Waals surface area contributed by atoms with E-state index in [1.54, 1.807) is 6.92 Å². The van der Waals surface area contributed by atoms with E-state index in [0.29, 0.717) is 13.2 Å². The number of nitrogens with one attached hydrogen (secondary N) is 1. The van der Waals surface area contributed by atoms with Gasteiger partial charge in [0, 0.05) is 12.2 Å². The van der Waals surface area contributed by atoms with Crippen LogP contribution in [0.1, 0.15) is 25.6 Å². The molecule has 0 saturated heterocycles. The molecule has 16 heavy (non-hydrogen) atoms. The smallest absolute Gasteiger partial charge is 0.409 e. The number of rotatable bonds is 5. The van der Waals surface area contributed by atoms with Gasteiger partial charge in [-0.2, -0.15) is 0 Å². The van der Waals surface area contributed by atoms with Gasteiger partial charge in [-0.1, -0.05) is 30.3 Å². The minimum atomic E-state index is -0.468. The van der Waals surface area contributed by atoms with Crippen molar-refractivity contribution in [3.63, 3.8) is 0 Å². The maximum Gasteiger partial charge on any atom is 0.409 e. The molecule has 0 heterocycles. The molecule has 1 aromatic carbocycles. The molecule has 0 aliphatic carbocycles. The molecule has 4 nitrogen and oxygen atoms in total. The molecular weight excluding hydrogens is 206 g/mol. The van der Waals surface area contributed by atoms with Gasteiger partial charge in [-0.25, -0.2) is 4.79 Å². The Kier molecular flexibility index (Phi) is 5.36. The third kappa shape index (κ3) is 3.90. The van der Waals surface area contributed by atoms with E-state index in [9.17, 15) is 4.79 Å². The lowest BCUT2D eigenvalue weighted by Gasteiger charge is -2.18. The highest BCUT2D eigenvalue weighted by Crippen LogP contribution is 2.13. The summed E-state index contributed by atoms with van der Waals surface area (Å²) in [5.74, 6) is 0. The molecule has 1 N–H and O–H groups in total. The zero-order chi connectivity index (χ0) is 11.8. The van der Waals surface area contributed by atoms with E-state index in [4.69, 9.17) is 9.47 Å². The molecule has 0 aliphatic heterocycles. The fourth-order valence-corrected chi connectivity index (χ4v) is 1.30. The van der Waals surface area contributed by atoms with Crippen molar-refractivity contribution in [1.29, 1.82) is 0 Å². The highest BCUT2D eigenvalue weighted by Gasteiger charge is 2.14. The topological polar surface area (TPSA) is 47.6 Å². The number of alkyl carbamates (subject to hydrolysis) is 1. The third-order valence-electron chi connectivity index (χ3n) is 1.96. The van der Waals surface area contributed by atoms with Gasteiger partial charge in [0.05, 0.1) is 6.61 Å². The van der Waals surface area contributed by atoms with Crippen LogP contribution in [0.4, 0.5) is 4.79 Å². The average molecular weight is 223 g/mol. The van der Waals surface area contributed by atoms with Crippen molar-refractivity contribution in [2.45, 2.75) is 20.1 Å². The Labute approximate surface area is 95.6 Å². The van der Waals surface area contributed by atoms with E-state index in [1.807, 2.05) is 37.3 Å². The quantitative estimate of drug-likeness (QED) is 0.780. The standard InChI is InChI=1S/C12H17NO3/c1-3-15-11(13-12(14)16-4-2)10-8-6-5-7-9-10/h5-9,11H,3-4H2,1-2H3,(H,13,14)/t11-/m0/s1. The van der Waals surface area contributed by atoms with Crippen LogP contribution in [0.25, 0.3) is 0 Å². The lowest BCUT2D eigenvalue weighted by atomic mass is 10.2. The Morgan fingerprint density at radius 1 is 1.25 bits per heavy atom. The van der Waals surface area contributed by atoms with Crippen LogP contribution in [0.3, 0.4) is 0 Å². The van der Waals surface area contributed by atoms with Crippen molar-refractivity contribution >= 4 is 6.09 Å². The maximum absolute atomic E-state index is 11.3. The zero-order valence-electron chi connectivity index (χ0n) is 9.60. The minimum absolute atomic E-state index is 0.347. The summed E-state index contributed by atoms with van der Waals surface area (Å²) in [6.07, 6.45) is -0.921. The lowest BCUT2D eigenvalue weighted by molar-refractivity contribution is 0.0331. The van der Waals surface area contributed by atoms with Gasteiger partial charge in [0.1, 0.15) is 0 Å². The van der Waals surface area contributed by atoms with Crippen molar-refractivity contribution in [1.82, 2.24) is 5.32 Å². The second kappa shape index (κ2) is 6.85. The number of hydrogen-bond donors (Lipinski definition) is 1. The molecule has 0 saturated carbocycles. The second-order valence-electron chi connectivity index (χ2n) is 3.11. The molecule has 0 bridgehead atoms. The number of benzene rings is 1. The maximum atomic E-state index is 11.3. The van der Waals surface area contributed by atoms with Crippen molar-refractivity contribution in [3.05, 3.63) is 35.9 Å². The monoisotopic (exact) mass is 223 g/mol. The van der Waals surface area contributed by atoms with Gasteiger partial charge < -0.3 is 9.47 Å². The molecule has 0 fully saturated rings. The summed E-state index contributed by atoms with van der Waals surface area (Å²) in [7, 11) is 0. The summed E-state index contributed by atoms with van der Waals surface area (Å²) in [5, 5.41) is 2.65. The van der Waals surface area contributed by atoms with E-state index < -0.39 is 12.3 Å². The minimum Gasteiger partial charge on any atom is -0.450 e. The first-order chi connectivity index (χ1) is 7.77. The second-order valence-corrected chi connectivity index (χ2v) is 3.11. The zero-order valence-corrected chi connectivity index (χ0v) is 9.60. The molecule has 1 atom stereocenters. The van der Waals surface area contributed by atoms with Crippen molar-refractivity contribution in [2.75, 3.05) is 13.2 Å². The Balaban J connectivity index is 2.64. The first-order valence-electron chi connectivity index (χ1n) is 5.37. The first-order valence-corrected chi connectivity index (χ1v) is 5.37. The molecule has 1 rings (SSSR count). The van der Waals surface area contributed by atoms with Gasteiger partial charge in [0.15, 0.2) is 6.23 Å². The highest BCUT2D eigenvalue weighted by atomic mass is 16.6. The molecule has 0 spiro atoms. The summed E-state index contributed by atoms with van der Waals surface area (Å²) in [6, 6.07) is 9.50. The van der Waals surface area contributed by atoms with Crippen LogP contribution in [0, 0.1) is 0 Å². The predicted octanol–water partition coefficient (Wildman–Crippen LogP) is 2.47. The molecule has 88 valence electrons. The molecule has 0 unspecified atom stereocenters. The van der Waals surface area contributed by atoms with E-state index in [-0.39, 0.29) is 0 Å². The van der Waals surface area contributed by atoms with Crippen molar-refractivity contribution < 1.29 is 14.3 Å². The van der Waals surface area contributed by atoms with Crippen LogP contribution in [-0.4, -0.2) is 19.3 Å². The Morgan fingerprint density at radius 3 is 2.50 bits per heavy atom. The van der Waals surface area contributed by atoms with E-state index in [0.717, 1.165) is 5.56 Å². The first kappa shape index (κ1) is 12.5. The Morgan fingerprint density at radius 2 is 1.94 bits per heavy atom. The number of carbonyl (C=O) groups is 1. The predicted molar refractivity (Wildman–Crippen MR) is 61.0 cm³/mol. The van der Waals surface area contributed by atoms with Gasteiger partial charge >= 0.3 is 6.09 Å². The molecule has 0 aromatic heterocycles. The van der Waals surface area contributed by atoms with Gasteiger partial charge in [0.2, 0.25) is 0 Å². The van der Waals surface area contributed by atoms with Crippen LogP contribution >= 0.6 is 0 Å².